The predicted molar refractivity (Wildman–Crippen MR) is 177 cm³/mol. The smallest absolute Gasteiger partial charge is 0.331 e. The Labute approximate surface area is 264 Å². The van der Waals surface area contributed by atoms with Crippen LogP contribution in [0, 0.1) is 0 Å². The van der Waals surface area contributed by atoms with Crippen molar-refractivity contribution in [2.45, 2.75) is 41.5 Å². The maximum Gasteiger partial charge on any atom is 0.331 e. The first-order valence-corrected chi connectivity index (χ1v) is 14.3. The molecular formula is C36H39N3O6. The molecule has 0 atom stereocenters. The maximum absolute atomic E-state index is 6.24. The minimum atomic E-state index is -0.0156. The van der Waals surface area contributed by atoms with Gasteiger partial charge in [0.1, 0.15) is 34.5 Å². The predicted octanol–water partition coefficient (Wildman–Crippen LogP) is 9.54. The van der Waals surface area contributed by atoms with E-state index in [0.29, 0.717) is 34.5 Å². The molecule has 0 saturated heterocycles. The summed E-state index contributed by atoms with van der Waals surface area (Å²) < 4.78 is 35.0. The second-order valence-electron chi connectivity index (χ2n) is 10.9. The fourth-order valence-corrected chi connectivity index (χ4v) is 4.26. The van der Waals surface area contributed by atoms with Crippen LogP contribution in [0.5, 0.6) is 52.5 Å². The largest absolute Gasteiger partial charge is 0.497 e. The molecule has 4 rings (SSSR count). The Bertz CT molecular complexity index is 1530. The van der Waals surface area contributed by atoms with Gasteiger partial charge in [0.25, 0.3) is 0 Å². The minimum Gasteiger partial charge on any atom is -0.497 e. The molecule has 1 aromatic heterocycles. The van der Waals surface area contributed by atoms with Crippen molar-refractivity contribution in [3.8, 4) is 52.5 Å². The van der Waals surface area contributed by atoms with Crippen LogP contribution in [0.1, 0.15) is 58.2 Å². The Kier molecular flexibility index (Phi) is 10.8. The molecule has 0 saturated carbocycles. The molecule has 0 unspecified atom stereocenters. The van der Waals surface area contributed by atoms with Gasteiger partial charge in [0.15, 0.2) is 0 Å². The van der Waals surface area contributed by atoms with Gasteiger partial charge >= 0.3 is 18.0 Å². The van der Waals surface area contributed by atoms with Gasteiger partial charge in [-0.05, 0) is 96.1 Å². The van der Waals surface area contributed by atoms with Crippen LogP contribution in [0.4, 0.5) is 0 Å². The van der Waals surface area contributed by atoms with Gasteiger partial charge < -0.3 is 28.4 Å². The average molecular weight is 610 g/mol. The molecule has 9 heteroatoms. The Morgan fingerprint density at radius 1 is 0.444 bits per heavy atom. The molecular weight excluding hydrogens is 570 g/mol. The summed E-state index contributed by atoms with van der Waals surface area (Å²) in [5.41, 5.74) is 5.61. The van der Waals surface area contributed by atoms with E-state index in [2.05, 4.69) is 15.0 Å². The summed E-state index contributed by atoms with van der Waals surface area (Å²) in [5, 5.41) is 0. The van der Waals surface area contributed by atoms with E-state index in [1.54, 1.807) is 57.7 Å². The highest BCUT2D eigenvalue weighted by atomic mass is 16.5. The molecule has 9 nitrogen and oxygen atoms in total. The summed E-state index contributed by atoms with van der Waals surface area (Å²) in [6.45, 7) is 12.0. The van der Waals surface area contributed by atoms with E-state index >= 15 is 0 Å². The molecule has 234 valence electrons. The molecule has 0 aliphatic heterocycles. The lowest BCUT2D eigenvalue weighted by Crippen LogP contribution is -2.03. The van der Waals surface area contributed by atoms with Crippen molar-refractivity contribution >= 4 is 18.2 Å². The fourth-order valence-electron chi connectivity index (χ4n) is 4.26. The number of benzene rings is 3. The van der Waals surface area contributed by atoms with E-state index in [0.717, 1.165) is 33.4 Å². The van der Waals surface area contributed by atoms with Crippen molar-refractivity contribution in [1.29, 1.82) is 0 Å². The molecule has 1 heterocycles. The van der Waals surface area contributed by atoms with Crippen LogP contribution < -0.4 is 28.4 Å². The van der Waals surface area contributed by atoms with Crippen molar-refractivity contribution in [3.05, 3.63) is 88.0 Å². The van der Waals surface area contributed by atoms with Crippen LogP contribution in [0.15, 0.2) is 71.3 Å². The lowest BCUT2D eigenvalue weighted by molar-refractivity contribution is 0.359. The number of methoxy groups -OCH3 is 3. The van der Waals surface area contributed by atoms with E-state index in [4.69, 9.17) is 28.4 Å². The quantitative estimate of drug-likeness (QED) is 0.156. The van der Waals surface area contributed by atoms with Crippen LogP contribution in [0.3, 0.4) is 0 Å². The van der Waals surface area contributed by atoms with E-state index in [-0.39, 0.29) is 18.0 Å². The normalized spacial score (nSPS) is 10.3. The highest BCUT2D eigenvalue weighted by Crippen LogP contribution is 2.35. The van der Waals surface area contributed by atoms with Crippen molar-refractivity contribution in [3.63, 3.8) is 0 Å². The Morgan fingerprint density at radius 2 is 0.711 bits per heavy atom. The van der Waals surface area contributed by atoms with Crippen molar-refractivity contribution in [2.24, 2.45) is 0 Å². The minimum absolute atomic E-state index is 0.0156. The summed E-state index contributed by atoms with van der Waals surface area (Å²) in [6.07, 6.45) is 5.96. The summed E-state index contributed by atoms with van der Waals surface area (Å²) in [5.74, 6) is 3.63. The third-order valence-corrected chi connectivity index (χ3v) is 6.16. The number of hydrogen-bond donors (Lipinski definition) is 0. The molecule has 0 N–H and O–H groups in total. The SMILES string of the molecule is COc1ccc(Oc2nc(Oc3ccc(OC)cc3C=C(C)C)nc(Oc3ccc(OC)cc3C=C(C)C)n2)c(C=C(C)C)c1. The second-order valence-corrected chi connectivity index (χ2v) is 10.9. The Hall–Kier alpha value is -5.31. The summed E-state index contributed by atoms with van der Waals surface area (Å²) >= 11 is 0. The summed E-state index contributed by atoms with van der Waals surface area (Å²) in [6, 6.07) is 16.4. The van der Waals surface area contributed by atoms with Gasteiger partial charge in [0.2, 0.25) is 0 Å². The molecule has 0 amide bonds. The Balaban J connectivity index is 1.83. The standard InChI is InChI=1S/C36H39N3O6/c1-22(2)16-25-19-28(40-7)10-13-31(25)43-34-37-35(44-32-14-11-29(41-8)20-26(32)17-23(3)4)39-36(38-34)45-33-15-12-30(42-9)21-27(33)18-24(5)6/h10-21H,1-9H3. The number of allylic oxidation sites excluding steroid dienone is 3. The molecule has 0 radical (unpaired) electrons. The highest BCUT2D eigenvalue weighted by molar-refractivity contribution is 5.64. The molecule has 3 aromatic carbocycles. The number of ether oxygens (including phenoxy) is 6. The maximum atomic E-state index is 6.24. The third kappa shape index (κ3) is 9.09. The van der Waals surface area contributed by atoms with E-state index in [1.807, 2.05) is 78.0 Å². The fraction of sp³-hybridized carbons (Fsp3) is 0.250. The van der Waals surface area contributed by atoms with Crippen LogP contribution in [-0.2, 0) is 0 Å². The van der Waals surface area contributed by atoms with Gasteiger partial charge in [-0.1, -0.05) is 34.9 Å². The summed E-state index contributed by atoms with van der Waals surface area (Å²) in [4.78, 5) is 13.5. The third-order valence-electron chi connectivity index (χ3n) is 6.16. The zero-order chi connectivity index (χ0) is 32.5. The van der Waals surface area contributed by atoms with Crippen LogP contribution in [0.2, 0.25) is 0 Å². The highest BCUT2D eigenvalue weighted by Gasteiger charge is 2.17. The van der Waals surface area contributed by atoms with Gasteiger partial charge in [0.05, 0.1) is 21.3 Å². The average Bonchev–Trinajstić information content (AvgIpc) is 2.99. The molecule has 4 aromatic rings. The van der Waals surface area contributed by atoms with Crippen LogP contribution >= 0.6 is 0 Å². The molecule has 0 spiro atoms. The summed E-state index contributed by atoms with van der Waals surface area (Å²) in [7, 11) is 4.85. The van der Waals surface area contributed by atoms with Gasteiger partial charge in [0, 0.05) is 16.7 Å². The zero-order valence-electron chi connectivity index (χ0n) is 27.2. The second kappa shape index (κ2) is 14.9. The first kappa shape index (κ1) is 32.6. The van der Waals surface area contributed by atoms with Crippen molar-refractivity contribution in [2.75, 3.05) is 21.3 Å². The molecule has 0 aliphatic carbocycles. The van der Waals surface area contributed by atoms with E-state index < -0.39 is 0 Å². The molecule has 0 bridgehead atoms. The van der Waals surface area contributed by atoms with E-state index in [9.17, 15) is 0 Å². The number of aromatic nitrogens is 3. The van der Waals surface area contributed by atoms with Gasteiger partial charge in [-0.3, -0.25) is 0 Å². The number of nitrogens with zero attached hydrogens (tertiary/aromatic N) is 3. The molecule has 0 aliphatic rings. The monoisotopic (exact) mass is 609 g/mol. The van der Waals surface area contributed by atoms with Crippen LogP contribution in [0.25, 0.3) is 18.2 Å². The van der Waals surface area contributed by atoms with Crippen LogP contribution in [-0.4, -0.2) is 36.3 Å². The van der Waals surface area contributed by atoms with Crippen molar-refractivity contribution in [1.82, 2.24) is 15.0 Å². The van der Waals surface area contributed by atoms with Gasteiger partial charge in [-0.2, -0.15) is 0 Å². The Morgan fingerprint density at radius 3 is 0.933 bits per heavy atom. The topological polar surface area (TPSA) is 94.1 Å². The zero-order valence-corrected chi connectivity index (χ0v) is 27.2. The number of hydrogen-bond acceptors (Lipinski definition) is 9. The van der Waals surface area contributed by atoms with Gasteiger partial charge in [-0.25, -0.2) is 0 Å². The lowest BCUT2D eigenvalue weighted by atomic mass is 10.1. The van der Waals surface area contributed by atoms with Crippen molar-refractivity contribution < 1.29 is 28.4 Å². The van der Waals surface area contributed by atoms with Gasteiger partial charge in [-0.15, -0.1) is 15.0 Å². The van der Waals surface area contributed by atoms with E-state index in [1.165, 1.54) is 0 Å². The lowest BCUT2D eigenvalue weighted by Gasteiger charge is -2.14. The first-order chi connectivity index (χ1) is 21.6. The number of rotatable bonds is 12. The molecule has 0 fully saturated rings. The first-order valence-electron chi connectivity index (χ1n) is 14.3. The molecule has 45 heavy (non-hydrogen) atoms.